The summed E-state index contributed by atoms with van der Waals surface area (Å²) >= 11 is 11.9. The van der Waals surface area contributed by atoms with Crippen molar-refractivity contribution in [3.8, 4) is 0 Å². The van der Waals surface area contributed by atoms with Gasteiger partial charge in [-0.3, -0.25) is 9.52 Å². The van der Waals surface area contributed by atoms with E-state index in [1.807, 2.05) is 31.2 Å². The number of sulfonamides is 1. The molecule has 1 aliphatic heterocycles. The van der Waals surface area contributed by atoms with Gasteiger partial charge in [0.25, 0.3) is 15.9 Å². The minimum Gasteiger partial charge on any atom is -0.308 e. The van der Waals surface area contributed by atoms with Crippen LogP contribution in [-0.4, -0.2) is 20.9 Å². The van der Waals surface area contributed by atoms with Crippen LogP contribution < -0.4 is 9.62 Å². The molecule has 0 saturated carbocycles. The van der Waals surface area contributed by atoms with E-state index in [2.05, 4.69) is 4.72 Å². The molecule has 0 saturated heterocycles. The number of fused-ring (bicyclic) bond motifs is 1. The molecule has 3 aromatic carbocycles. The number of aryl methyl sites for hydroxylation is 2. The summed E-state index contributed by atoms with van der Waals surface area (Å²) in [4.78, 5) is 14.9. The molecule has 0 atom stereocenters. The number of hydrogen-bond donors (Lipinski definition) is 1. The highest BCUT2D eigenvalue weighted by molar-refractivity contribution is 7.92. The first kappa shape index (κ1) is 21.7. The van der Waals surface area contributed by atoms with Crippen molar-refractivity contribution in [1.29, 1.82) is 0 Å². The molecule has 1 amide bonds. The predicted octanol–water partition coefficient (Wildman–Crippen LogP) is 5.70. The van der Waals surface area contributed by atoms with Crippen LogP contribution in [-0.2, 0) is 16.4 Å². The lowest BCUT2D eigenvalue weighted by molar-refractivity contribution is 0.0985. The number of amides is 1. The largest absolute Gasteiger partial charge is 0.308 e. The average Bonchev–Trinajstić information content (AvgIpc) is 2.75. The summed E-state index contributed by atoms with van der Waals surface area (Å²) < 4.78 is 28.3. The maximum Gasteiger partial charge on any atom is 0.261 e. The van der Waals surface area contributed by atoms with Crippen LogP contribution in [0.15, 0.2) is 65.6 Å². The molecule has 8 heteroatoms. The van der Waals surface area contributed by atoms with Gasteiger partial charge in [0.1, 0.15) is 0 Å². The van der Waals surface area contributed by atoms with Crippen LogP contribution in [0.2, 0.25) is 10.0 Å². The monoisotopic (exact) mass is 474 g/mol. The number of nitrogens with one attached hydrogen (secondary N) is 1. The Balaban J connectivity index is 1.62. The number of nitrogens with zero attached hydrogens (tertiary/aromatic N) is 1. The summed E-state index contributed by atoms with van der Waals surface area (Å²) in [5.41, 5.74) is 3.58. The van der Waals surface area contributed by atoms with Crippen molar-refractivity contribution in [2.75, 3.05) is 16.2 Å². The van der Waals surface area contributed by atoms with Gasteiger partial charge in [-0.1, -0.05) is 40.9 Å². The Morgan fingerprint density at radius 2 is 1.71 bits per heavy atom. The van der Waals surface area contributed by atoms with Crippen LogP contribution in [0.1, 0.15) is 27.9 Å². The smallest absolute Gasteiger partial charge is 0.261 e. The summed E-state index contributed by atoms with van der Waals surface area (Å²) in [5.74, 6) is -0.0921. The van der Waals surface area contributed by atoms with Gasteiger partial charge in [0, 0.05) is 17.8 Å². The molecule has 4 rings (SSSR count). The lowest BCUT2D eigenvalue weighted by atomic mass is 10.0. The highest BCUT2D eigenvalue weighted by Gasteiger charge is 2.25. The molecule has 0 bridgehead atoms. The average molecular weight is 475 g/mol. The third-order valence-electron chi connectivity index (χ3n) is 5.20. The first-order valence-electron chi connectivity index (χ1n) is 9.74. The second kappa shape index (κ2) is 8.54. The summed E-state index contributed by atoms with van der Waals surface area (Å²) in [6.45, 7) is 2.56. The topological polar surface area (TPSA) is 66.5 Å². The van der Waals surface area contributed by atoms with E-state index < -0.39 is 10.0 Å². The minimum absolute atomic E-state index is 0.0921. The van der Waals surface area contributed by atoms with E-state index in [4.69, 9.17) is 23.2 Å². The Labute approximate surface area is 191 Å². The number of carbonyl (C=O) groups is 1. The summed E-state index contributed by atoms with van der Waals surface area (Å²) in [5, 5.41) is 0.606. The molecule has 3 aromatic rings. The zero-order valence-corrected chi connectivity index (χ0v) is 19.1. The van der Waals surface area contributed by atoms with Crippen LogP contribution >= 0.6 is 23.2 Å². The van der Waals surface area contributed by atoms with Crippen LogP contribution in [0.25, 0.3) is 0 Å². The number of rotatable bonds is 4. The molecule has 1 heterocycles. The lowest BCUT2D eigenvalue weighted by Crippen LogP contribution is -2.35. The Bertz CT molecular complexity index is 1260. The first-order valence-corrected chi connectivity index (χ1v) is 12.0. The Morgan fingerprint density at radius 1 is 0.968 bits per heavy atom. The highest BCUT2D eigenvalue weighted by atomic mass is 35.5. The number of benzene rings is 3. The quantitative estimate of drug-likeness (QED) is 0.527. The zero-order chi connectivity index (χ0) is 22.2. The maximum atomic E-state index is 13.0. The fraction of sp³-hybridized carbons (Fsp3) is 0.174. The molecule has 0 fully saturated rings. The second-order valence-electron chi connectivity index (χ2n) is 7.45. The van der Waals surface area contributed by atoms with Gasteiger partial charge < -0.3 is 4.90 Å². The number of hydrogen-bond acceptors (Lipinski definition) is 3. The van der Waals surface area contributed by atoms with Gasteiger partial charge in [-0.2, -0.15) is 0 Å². The fourth-order valence-electron chi connectivity index (χ4n) is 3.58. The predicted molar refractivity (Wildman–Crippen MR) is 125 cm³/mol. The third-order valence-corrected chi connectivity index (χ3v) is 7.31. The van der Waals surface area contributed by atoms with Gasteiger partial charge >= 0.3 is 0 Å². The summed E-state index contributed by atoms with van der Waals surface area (Å²) in [7, 11) is -3.83. The number of halogens is 2. The van der Waals surface area contributed by atoms with Crippen molar-refractivity contribution in [2.24, 2.45) is 0 Å². The Hall–Kier alpha value is -2.54. The Kier molecular flexibility index (Phi) is 5.97. The minimum atomic E-state index is -3.83. The first-order chi connectivity index (χ1) is 14.7. The molecule has 0 aromatic heterocycles. The maximum absolute atomic E-state index is 13.0. The van der Waals surface area contributed by atoms with Crippen LogP contribution in [0, 0.1) is 6.92 Å². The molecule has 5 nitrogen and oxygen atoms in total. The van der Waals surface area contributed by atoms with E-state index >= 15 is 0 Å². The molecule has 1 N–H and O–H groups in total. The van der Waals surface area contributed by atoms with Crippen molar-refractivity contribution in [2.45, 2.75) is 24.7 Å². The van der Waals surface area contributed by atoms with Crippen molar-refractivity contribution in [3.05, 3.63) is 87.4 Å². The van der Waals surface area contributed by atoms with E-state index in [0.717, 1.165) is 23.2 Å². The summed E-state index contributed by atoms with van der Waals surface area (Å²) in [6.07, 6.45) is 1.46. The third kappa shape index (κ3) is 4.56. The zero-order valence-electron chi connectivity index (χ0n) is 16.7. The molecule has 0 unspecified atom stereocenters. The summed E-state index contributed by atoms with van der Waals surface area (Å²) in [6, 6.07) is 16.8. The van der Waals surface area contributed by atoms with Gasteiger partial charge in [0.2, 0.25) is 0 Å². The van der Waals surface area contributed by atoms with E-state index in [0.29, 0.717) is 29.2 Å². The van der Waals surface area contributed by atoms with Gasteiger partial charge in [-0.15, -0.1) is 0 Å². The van der Waals surface area contributed by atoms with Crippen LogP contribution in [0.5, 0.6) is 0 Å². The molecule has 0 aliphatic carbocycles. The van der Waals surface area contributed by atoms with Gasteiger partial charge in [-0.05, 0) is 73.9 Å². The van der Waals surface area contributed by atoms with E-state index in [9.17, 15) is 13.2 Å². The molecule has 160 valence electrons. The molecule has 1 aliphatic rings. The number of carbonyl (C=O) groups excluding carboxylic acids is 1. The molecular weight excluding hydrogens is 455 g/mol. The number of anilines is 2. The highest BCUT2D eigenvalue weighted by Crippen LogP contribution is 2.32. The molecule has 31 heavy (non-hydrogen) atoms. The SMILES string of the molecule is Cc1ccc(C(=O)N2CCCc3cc(S(=O)(=O)Nc4ccc(Cl)c(Cl)c4)ccc32)cc1. The van der Waals surface area contributed by atoms with Gasteiger partial charge in [0.05, 0.1) is 20.6 Å². The van der Waals surface area contributed by atoms with Crippen molar-refractivity contribution >= 4 is 50.5 Å². The standard InChI is InChI=1S/C23H20Cl2N2O3S/c1-15-4-6-16(7-5-15)23(28)27-12-2-3-17-13-19(9-11-22(17)27)31(29,30)26-18-8-10-20(24)21(25)14-18/h4-11,13-14,26H,2-3,12H2,1H3. The lowest BCUT2D eigenvalue weighted by Gasteiger charge is -2.30. The van der Waals surface area contributed by atoms with Gasteiger partial charge in [-0.25, -0.2) is 8.42 Å². The normalized spacial score (nSPS) is 13.6. The van der Waals surface area contributed by atoms with E-state index in [-0.39, 0.29) is 15.8 Å². The molecular formula is C23H20Cl2N2O3S. The van der Waals surface area contributed by atoms with Gasteiger partial charge in [0.15, 0.2) is 0 Å². The van der Waals surface area contributed by atoms with Crippen molar-refractivity contribution in [3.63, 3.8) is 0 Å². The van der Waals surface area contributed by atoms with E-state index in [1.54, 1.807) is 23.1 Å². The van der Waals surface area contributed by atoms with Crippen molar-refractivity contribution in [1.82, 2.24) is 0 Å². The fourth-order valence-corrected chi connectivity index (χ4v) is 4.98. The molecule has 0 radical (unpaired) electrons. The van der Waals surface area contributed by atoms with Crippen LogP contribution in [0.4, 0.5) is 11.4 Å². The van der Waals surface area contributed by atoms with E-state index in [1.165, 1.54) is 18.2 Å². The Morgan fingerprint density at radius 3 is 2.42 bits per heavy atom. The van der Waals surface area contributed by atoms with Crippen molar-refractivity contribution < 1.29 is 13.2 Å². The van der Waals surface area contributed by atoms with Crippen LogP contribution in [0.3, 0.4) is 0 Å². The second-order valence-corrected chi connectivity index (χ2v) is 9.95. The molecule has 0 spiro atoms.